The van der Waals surface area contributed by atoms with Crippen LogP contribution >= 0.6 is 11.6 Å². The number of carboxylic acid groups (broad SMARTS) is 1. The zero-order valence-electron chi connectivity index (χ0n) is 6.55. The Labute approximate surface area is 81.1 Å². The molecule has 0 fully saturated rings. The number of H-pyrrole nitrogens is 1. The molecule has 0 aliphatic carbocycles. The molecule has 0 spiro atoms. The maximum Gasteiger partial charge on any atom is 0.337 e. The summed E-state index contributed by atoms with van der Waals surface area (Å²) in [4.78, 5) is 23.2. The summed E-state index contributed by atoms with van der Waals surface area (Å²) in [6, 6.07) is 0. The van der Waals surface area contributed by atoms with Crippen LogP contribution in [0.1, 0.15) is 22.3 Å². The number of hydrogen-bond donors (Lipinski definition) is 2. The van der Waals surface area contributed by atoms with Crippen LogP contribution in [0.2, 0.25) is 5.02 Å². The number of carboxylic acids is 1. The van der Waals surface area contributed by atoms with Gasteiger partial charge in [0.05, 0.1) is 11.1 Å². The van der Waals surface area contributed by atoms with E-state index < -0.39 is 34.1 Å². The first-order valence-corrected chi connectivity index (χ1v) is 3.75. The zero-order chi connectivity index (χ0) is 10.9. The van der Waals surface area contributed by atoms with Crippen LogP contribution in [-0.4, -0.2) is 16.1 Å². The summed E-state index contributed by atoms with van der Waals surface area (Å²) in [6.07, 6.45) is -2.41. The smallest absolute Gasteiger partial charge is 0.337 e. The molecule has 0 saturated heterocycles. The van der Waals surface area contributed by atoms with Gasteiger partial charge in [0.25, 0.3) is 12.0 Å². The van der Waals surface area contributed by atoms with Gasteiger partial charge in [0.2, 0.25) is 0 Å². The van der Waals surface area contributed by atoms with Crippen LogP contribution in [0.25, 0.3) is 0 Å². The number of alkyl halides is 2. The highest BCUT2D eigenvalue weighted by molar-refractivity contribution is 6.31. The van der Waals surface area contributed by atoms with Crippen molar-refractivity contribution in [3.05, 3.63) is 32.7 Å². The van der Waals surface area contributed by atoms with Crippen LogP contribution in [0.3, 0.4) is 0 Å². The van der Waals surface area contributed by atoms with Gasteiger partial charge in [-0.25, -0.2) is 13.6 Å². The first kappa shape index (κ1) is 10.6. The minimum absolute atomic E-state index is 0.692. The third kappa shape index (κ3) is 1.74. The summed E-state index contributed by atoms with van der Waals surface area (Å²) >= 11 is 5.25. The SMILES string of the molecule is O=C(O)c1c[nH]c(=O)c(Cl)c1C(F)F. The number of rotatable bonds is 2. The number of nitrogens with one attached hydrogen (secondary N) is 1. The molecule has 0 unspecified atom stereocenters. The number of aromatic amines is 1. The Morgan fingerprint density at radius 2 is 2.14 bits per heavy atom. The molecule has 1 aromatic heterocycles. The summed E-state index contributed by atoms with van der Waals surface area (Å²) in [5.74, 6) is -1.57. The van der Waals surface area contributed by atoms with E-state index in [2.05, 4.69) is 0 Å². The summed E-state index contributed by atoms with van der Waals surface area (Å²) in [5.41, 5.74) is -2.60. The van der Waals surface area contributed by atoms with E-state index >= 15 is 0 Å². The standard InChI is InChI=1S/C7H4ClF2NO3/c8-4-3(5(9)10)2(7(13)14)1-11-6(4)12/h1,5H,(H,11,12)(H,13,14). The highest BCUT2D eigenvalue weighted by atomic mass is 35.5. The van der Waals surface area contributed by atoms with E-state index in [-0.39, 0.29) is 0 Å². The second-order valence-electron chi connectivity index (χ2n) is 2.36. The molecule has 0 bridgehead atoms. The molecule has 0 amide bonds. The van der Waals surface area contributed by atoms with Crippen LogP contribution in [0.4, 0.5) is 8.78 Å². The highest BCUT2D eigenvalue weighted by Crippen LogP contribution is 2.27. The van der Waals surface area contributed by atoms with Crippen LogP contribution in [0.5, 0.6) is 0 Å². The monoisotopic (exact) mass is 223 g/mol. The Balaban J connectivity index is 3.53. The van der Waals surface area contributed by atoms with Crippen molar-refractivity contribution in [2.75, 3.05) is 0 Å². The molecule has 1 rings (SSSR count). The fourth-order valence-corrected chi connectivity index (χ4v) is 1.15. The third-order valence-electron chi connectivity index (χ3n) is 1.52. The van der Waals surface area contributed by atoms with E-state index in [0.29, 0.717) is 6.20 Å². The molecular formula is C7H4ClF2NO3. The lowest BCUT2D eigenvalue weighted by Crippen LogP contribution is -2.14. The van der Waals surface area contributed by atoms with Crippen LogP contribution in [0, 0.1) is 0 Å². The third-order valence-corrected chi connectivity index (χ3v) is 1.90. The minimum Gasteiger partial charge on any atom is -0.478 e. The van der Waals surface area contributed by atoms with Crippen molar-refractivity contribution in [3.8, 4) is 0 Å². The van der Waals surface area contributed by atoms with E-state index in [1.54, 1.807) is 0 Å². The minimum atomic E-state index is -3.10. The van der Waals surface area contributed by atoms with Crippen LogP contribution in [-0.2, 0) is 0 Å². The van der Waals surface area contributed by atoms with Gasteiger partial charge in [0.1, 0.15) is 5.02 Å². The number of hydrogen-bond acceptors (Lipinski definition) is 2. The summed E-state index contributed by atoms with van der Waals surface area (Å²) < 4.78 is 24.7. The maximum atomic E-state index is 12.3. The quantitative estimate of drug-likeness (QED) is 0.801. The molecule has 4 nitrogen and oxygen atoms in total. The lowest BCUT2D eigenvalue weighted by atomic mass is 10.1. The first-order chi connectivity index (χ1) is 6.45. The molecule has 0 aliphatic rings. The number of aromatic nitrogens is 1. The molecule has 0 aliphatic heterocycles. The lowest BCUT2D eigenvalue weighted by Gasteiger charge is -2.05. The molecule has 76 valence electrons. The maximum absolute atomic E-state index is 12.3. The van der Waals surface area contributed by atoms with E-state index in [0.717, 1.165) is 0 Å². The van der Waals surface area contributed by atoms with Crippen molar-refractivity contribution < 1.29 is 18.7 Å². The molecule has 7 heteroatoms. The molecule has 0 radical (unpaired) electrons. The topological polar surface area (TPSA) is 70.2 Å². The van der Waals surface area contributed by atoms with Gasteiger partial charge >= 0.3 is 5.97 Å². The van der Waals surface area contributed by atoms with Crippen molar-refractivity contribution in [2.24, 2.45) is 0 Å². The van der Waals surface area contributed by atoms with Crippen LogP contribution < -0.4 is 5.56 Å². The van der Waals surface area contributed by atoms with Crippen molar-refractivity contribution in [3.63, 3.8) is 0 Å². The van der Waals surface area contributed by atoms with Gasteiger partial charge in [-0.05, 0) is 0 Å². The zero-order valence-corrected chi connectivity index (χ0v) is 7.31. The van der Waals surface area contributed by atoms with Crippen molar-refractivity contribution >= 4 is 17.6 Å². The lowest BCUT2D eigenvalue weighted by molar-refractivity contribution is 0.0684. The van der Waals surface area contributed by atoms with Gasteiger partial charge in [-0.3, -0.25) is 4.79 Å². The molecule has 1 heterocycles. The number of aromatic carboxylic acids is 1. The summed E-state index contributed by atoms with van der Waals surface area (Å²) in [7, 11) is 0. The van der Waals surface area contributed by atoms with E-state index in [1.165, 1.54) is 0 Å². The Hall–Kier alpha value is -1.43. The second-order valence-corrected chi connectivity index (χ2v) is 2.74. The predicted molar refractivity (Wildman–Crippen MR) is 44.0 cm³/mol. The van der Waals surface area contributed by atoms with Crippen molar-refractivity contribution in [2.45, 2.75) is 6.43 Å². The van der Waals surface area contributed by atoms with Gasteiger partial charge in [-0.1, -0.05) is 11.6 Å². The van der Waals surface area contributed by atoms with Gasteiger partial charge in [0.15, 0.2) is 0 Å². The van der Waals surface area contributed by atoms with Gasteiger partial charge in [-0.15, -0.1) is 0 Å². The molecule has 0 saturated carbocycles. The van der Waals surface area contributed by atoms with Crippen molar-refractivity contribution in [1.82, 2.24) is 4.98 Å². The molecule has 0 aromatic carbocycles. The molecule has 2 N–H and O–H groups in total. The molecular weight excluding hydrogens is 220 g/mol. The highest BCUT2D eigenvalue weighted by Gasteiger charge is 2.23. The first-order valence-electron chi connectivity index (χ1n) is 3.37. The largest absolute Gasteiger partial charge is 0.478 e. The number of pyridine rings is 1. The Morgan fingerprint density at radius 1 is 1.57 bits per heavy atom. The normalized spacial score (nSPS) is 10.6. The number of carbonyl (C=O) groups is 1. The fraction of sp³-hybridized carbons (Fsp3) is 0.143. The average molecular weight is 224 g/mol. The Bertz CT molecular complexity index is 429. The van der Waals surface area contributed by atoms with Crippen molar-refractivity contribution in [1.29, 1.82) is 0 Å². The van der Waals surface area contributed by atoms with E-state index in [1.807, 2.05) is 4.98 Å². The predicted octanol–water partition coefficient (Wildman–Crippen LogP) is 1.66. The summed E-state index contributed by atoms with van der Waals surface area (Å²) in [6.45, 7) is 0. The Morgan fingerprint density at radius 3 is 2.57 bits per heavy atom. The fourth-order valence-electron chi connectivity index (χ4n) is 0.910. The van der Waals surface area contributed by atoms with Gasteiger partial charge in [0, 0.05) is 6.20 Å². The van der Waals surface area contributed by atoms with E-state index in [9.17, 15) is 18.4 Å². The molecule has 1 aromatic rings. The Kier molecular flexibility index (Phi) is 2.85. The molecule has 0 atom stereocenters. The van der Waals surface area contributed by atoms with Gasteiger partial charge in [-0.2, -0.15) is 0 Å². The van der Waals surface area contributed by atoms with Gasteiger partial charge < -0.3 is 10.1 Å². The van der Waals surface area contributed by atoms with Crippen LogP contribution in [0.15, 0.2) is 11.0 Å². The summed E-state index contributed by atoms with van der Waals surface area (Å²) in [5, 5.41) is 7.72. The number of halogens is 3. The molecule has 14 heavy (non-hydrogen) atoms. The van der Waals surface area contributed by atoms with E-state index in [4.69, 9.17) is 16.7 Å². The second kappa shape index (κ2) is 3.75. The average Bonchev–Trinajstić information content (AvgIpc) is 2.08.